The summed E-state index contributed by atoms with van der Waals surface area (Å²) >= 11 is 0. The fraction of sp³-hybridized carbons (Fsp3) is 0.229. The standard InChI is InChI=1S/C20H21NO3.C15H15NO5/c1-13-5-8-16(9-6-13)19(22)12-18(20(23)24-4)21-17-10-7-14(2)11-15(17)3;1-8-4-5-11(9(2)6-8)16-14(20)13(19)10(3)15(16,21)12(18)7-17/h5-12,21H,1-4H3;4-7,19,21H,1-3H3/b18-12-;. The lowest BCUT2D eigenvalue weighted by Gasteiger charge is -2.32. The molecule has 0 radical (unpaired) electrons. The molecule has 3 N–H and O–H groups in total. The first-order valence-corrected chi connectivity index (χ1v) is 13.9. The average molecular weight is 613 g/mol. The summed E-state index contributed by atoms with van der Waals surface area (Å²) in [5.74, 6) is -3.70. The molecule has 4 rings (SSSR count). The quantitative estimate of drug-likeness (QED) is 0.106. The number of ether oxygens (including phenoxy) is 1. The number of allylic oxidation sites excluding steroid dienone is 1. The minimum atomic E-state index is -2.48. The van der Waals surface area contributed by atoms with Gasteiger partial charge in [-0.05, 0) is 64.8 Å². The Bertz CT molecular complexity index is 1740. The highest BCUT2D eigenvalue weighted by Crippen LogP contribution is 2.38. The molecule has 1 atom stereocenters. The number of hydrogen-bond acceptors (Lipinski definition) is 9. The molecule has 0 fully saturated rings. The number of hydrogen-bond donors (Lipinski definition) is 3. The molecule has 1 aliphatic rings. The van der Waals surface area contributed by atoms with E-state index in [0.717, 1.165) is 32.8 Å². The molecular weight excluding hydrogens is 576 g/mol. The summed E-state index contributed by atoms with van der Waals surface area (Å²) in [4.78, 5) is 60.0. The molecule has 1 unspecified atom stereocenters. The highest BCUT2D eigenvalue weighted by molar-refractivity contribution is 6.34. The maximum absolute atomic E-state index is 12.4. The maximum atomic E-state index is 12.4. The van der Waals surface area contributed by atoms with Gasteiger partial charge in [0.05, 0.1) is 12.8 Å². The zero-order chi connectivity index (χ0) is 33.6. The van der Waals surface area contributed by atoms with Crippen molar-refractivity contribution in [1.29, 1.82) is 0 Å². The molecule has 1 amide bonds. The van der Waals surface area contributed by atoms with Gasteiger partial charge < -0.3 is 20.3 Å². The van der Waals surface area contributed by atoms with Crippen LogP contribution in [0, 0.1) is 34.6 Å². The summed E-state index contributed by atoms with van der Waals surface area (Å²) in [6.07, 6.45) is 1.21. The fourth-order valence-electron chi connectivity index (χ4n) is 4.75. The monoisotopic (exact) mass is 612 g/mol. The van der Waals surface area contributed by atoms with Crippen LogP contribution in [-0.4, -0.2) is 52.8 Å². The molecule has 0 aromatic heterocycles. The van der Waals surface area contributed by atoms with Crippen LogP contribution >= 0.6 is 0 Å². The fourth-order valence-corrected chi connectivity index (χ4v) is 4.75. The number of esters is 1. The van der Waals surface area contributed by atoms with E-state index in [-0.39, 0.29) is 29.0 Å². The molecule has 3 aromatic carbocycles. The first-order valence-electron chi connectivity index (χ1n) is 13.9. The number of ketones is 2. The lowest BCUT2D eigenvalue weighted by molar-refractivity contribution is -0.141. The highest BCUT2D eigenvalue weighted by atomic mass is 16.5. The second kappa shape index (κ2) is 14.0. The SMILES string of the molecule is CC1=C(O)C(=O)N(c2ccc(C)cc2C)C1(O)C(=O)C=O.COC(=O)/C(=C/C(=O)c1ccc(C)cc1)Nc1ccc(C)cc1C. The van der Waals surface area contributed by atoms with Gasteiger partial charge in [0, 0.05) is 22.9 Å². The lowest BCUT2D eigenvalue weighted by Crippen LogP contribution is -2.55. The number of aryl methyl sites for hydroxylation is 5. The van der Waals surface area contributed by atoms with Crippen LogP contribution in [-0.2, 0) is 23.9 Å². The first kappa shape index (κ1) is 34.1. The summed E-state index contributed by atoms with van der Waals surface area (Å²) in [7, 11) is 1.29. The van der Waals surface area contributed by atoms with E-state index < -0.39 is 29.1 Å². The summed E-state index contributed by atoms with van der Waals surface area (Å²) < 4.78 is 4.78. The van der Waals surface area contributed by atoms with Crippen molar-refractivity contribution in [2.24, 2.45) is 0 Å². The van der Waals surface area contributed by atoms with Gasteiger partial charge in [-0.2, -0.15) is 0 Å². The lowest BCUT2D eigenvalue weighted by atomic mass is 9.99. The maximum Gasteiger partial charge on any atom is 0.354 e. The first-order chi connectivity index (χ1) is 21.1. The van der Waals surface area contributed by atoms with E-state index in [1.54, 1.807) is 37.3 Å². The molecule has 3 aromatic rings. The van der Waals surface area contributed by atoms with Crippen molar-refractivity contribution < 1.29 is 38.9 Å². The van der Waals surface area contributed by atoms with Crippen LogP contribution < -0.4 is 10.2 Å². The second-order valence-corrected chi connectivity index (χ2v) is 10.8. The van der Waals surface area contributed by atoms with Gasteiger partial charge in [-0.25, -0.2) is 4.79 Å². The zero-order valence-corrected chi connectivity index (χ0v) is 26.2. The Balaban J connectivity index is 0.000000248. The Kier molecular flexibility index (Phi) is 10.6. The number of nitrogens with zero attached hydrogens (tertiary/aromatic N) is 1. The zero-order valence-electron chi connectivity index (χ0n) is 26.2. The van der Waals surface area contributed by atoms with Gasteiger partial charge in [0.25, 0.3) is 11.7 Å². The van der Waals surface area contributed by atoms with E-state index in [9.17, 15) is 34.2 Å². The molecule has 0 bridgehead atoms. The summed E-state index contributed by atoms with van der Waals surface area (Å²) in [6.45, 7) is 10.7. The van der Waals surface area contributed by atoms with Crippen molar-refractivity contribution in [3.8, 4) is 0 Å². The van der Waals surface area contributed by atoms with E-state index in [4.69, 9.17) is 4.74 Å². The van der Waals surface area contributed by atoms with Gasteiger partial charge in [0.1, 0.15) is 5.70 Å². The van der Waals surface area contributed by atoms with E-state index in [0.29, 0.717) is 11.1 Å². The molecule has 0 spiro atoms. The Labute approximate surface area is 261 Å². The van der Waals surface area contributed by atoms with E-state index >= 15 is 0 Å². The number of rotatable bonds is 8. The number of aldehydes is 1. The number of aliphatic hydroxyl groups is 2. The van der Waals surface area contributed by atoms with Gasteiger partial charge in [-0.15, -0.1) is 0 Å². The molecule has 1 aliphatic heterocycles. The Morgan fingerprint density at radius 2 is 1.40 bits per heavy atom. The van der Waals surface area contributed by atoms with Crippen LogP contribution in [0.25, 0.3) is 0 Å². The molecule has 234 valence electrons. The number of amides is 1. The van der Waals surface area contributed by atoms with Crippen molar-refractivity contribution in [3.63, 3.8) is 0 Å². The van der Waals surface area contributed by atoms with Gasteiger partial charge in [-0.3, -0.25) is 24.1 Å². The Morgan fingerprint density at radius 3 is 1.93 bits per heavy atom. The van der Waals surface area contributed by atoms with Crippen LogP contribution in [0.2, 0.25) is 0 Å². The number of nitrogens with one attached hydrogen (secondary N) is 1. The number of benzene rings is 3. The van der Waals surface area contributed by atoms with E-state index in [2.05, 4.69) is 5.32 Å². The minimum absolute atomic E-state index is 0.0636. The number of carbonyl (C=O) groups is 5. The van der Waals surface area contributed by atoms with Gasteiger partial charge in [-0.1, -0.05) is 65.2 Å². The largest absolute Gasteiger partial charge is 0.503 e. The molecule has 1 heterocycles. The Morgan fingerprint density at radius 1 is 0.844 bits per heavy atom. The third-order valence-corrected chi connectivity index (χ3v) is 7.32. The normalized spacial score (nSPS) is 16.1. The number of methoxy groups -OCH3 is 1. The molecule has 45 heavy (non-hydrogen) atoms. The van der Waals surface area contributed by atoms with Crippen LogP contribution in [0.1, 0.15) is 45.1 Å². The van der Waals surface area contributed by atoms with Crippen molar-refractivity contribution in [2.75, 3.05) is 17.3 Å². The minimum Gasteiger partial charge on any atom is -0.503 e. The number of carbonyl (C=O) groups excluding carboxylic acids is 5. The predicted octanol–water partition coefficient (Wildman–Crippen LogP) is 4.90. The molecule has 0 aliphatic carbocycles. The number of anilines is 2. The highest BCUT2D eigenvalue weighted by Gasteiger charge is 2.55. The molecule has 0 saturated heterocycles. The number of Topliss-reactive ketones (excluding diaryl/α,β-unsaturated/α-hetero) is 1. The second-order valence-electron chi connectivity index (χ2n) is 10.8. The van der Waals surface area contributed by atoms with E-state index in [1.807, 2.05) is 58.0 Å². The summed E-state index contributed by atoms with van der Waals surface area (Å²) in [6, 6.07) is 18.0. The van der Waals surface area contributed by atoms with Crippen LogP contribution in [0.3, 0.4) is 0 Å². The van der Waals surface area contributed by atoms with Crippen LogP contribution in [0.5, 0.6) is 0 Å². The smallest absolute Gasteiger partial charge is 0.354 e. The van der Waals surface area contributed by atoms with Crippen LogP contribution in [0.15, 0.2) is 83.8 Å². The Hall–Kier alpha value is -5.35. The third kappa shape index (κ3) is 7.25. The summed E-state index contributed by atoms with van der Waals surface area (Å²) in [5.41, 5.74) is 3.62. The van der Waals surface area contributed by atoms with Crippen molar-refractivity contribution >= 4 is 41.1 Å². The van der Waals surface area contributed by atoms with Crippen LogP contribution in [0.4, 0.5) is 11.4 Å². The topological polar surface area (TPSA) is 150 Å². The average Bonchev–Trinajstić information content (AvgIpc) is 3.18. The van der Waals surface area contributed by atoms with E-state index in [1.165, 1.54) is 20.1 Å². The van der Waals surface area contributed by atoms with Gasteiger partial charge in [0.15, 0.2) is 17.8 Å². The molecule has 10 nitrogen and oxygen atoms in total. The number of aliphatic hydroxyl groups excluding tert-OH is 1. The predicted molar refractivity (Wildman–Crippen MR) is 170 cm³/mol. The van der Waals surface area contributed by atoms with Gasteiger partial charge in [0.2, 0.25) is 5.72 Å². The molecule has 0 saturated carbocycles. The molecular formula is C35H36N2O8. The van der Waals surface area contributed by atoms with Crippen molar-refractivity contribution in [2.45, 2.75) is 47.3 Å². The van der Waals surface area contributed by atoms with Gasteiger partial charge >= 0.3 is 5.97 Å². The third-order valence-electron chi connectivity index (χ3n) is 7.32. The molecule has 10 heteroatoms. The summed E-state index contributed by atoms with van der Waals surface area (Å²) in [5, 5.41) is 23.4. The van der Waals surface area contributed by atoms with Crippen molar-refractivity contribution in [1.82, 2.24) is 0 Å². The van der Waals surface area contributed by atoms with Crippen molar-refractivity contribution in [3.05, 3.63) is 117 Å².